The minimum atomic E-state index is -0.169. The molecule has 2 aromatic carbocycles. The van der Waals surface area contributed by atoms with Gasteiger partial charge in [0.25, 0.3) is 5.91 Å². The molecular weight excluding hydrogens is 352 g/mol. The summed E-state index contributed by atoms with van der Waals surface area (Å²) in [5, 5.41) is 3.46. The molecule has 6 heteroatoms. The summed E-state index contributed by atoms with van der Waals surface area (Å²) in [6.07, 6.45) is 0.181. The van der Waals surface area contributed by atoms with E-state index in [1.165, 1.54) is 0 Å². The van der Waals surface area contributed by atoms with Gasteiger partial charge in [-0.3, -0.25) is 9.59 Å². The Morgan fingerprint density at radius 2 is 1.85 bits per heavy atom. The maximum atomic E-state index is 12.7. The van der Waals surface area contributed by atoms with E-state index in [0.29, 0.717) is 42.6 Å². The topological polar surface area (TPSA) is 58.6 Å². The number of carbonyl (C=O) groups is 2. The monoisotopic (exact) mass is 372 g/mol. The predicted molar refractivity (Wildman–Crippen MR) is 102 cm³/mol. The third-order valence-electron chi connectivity index (χ3n) is 4.45. The van der Waals surface area contributed by atoms with Gasteiger partial charge in [-0.25, -0.2) is 0 Å². The summed E-state index contributed by atoms with van der Waals surface area (Å²) in [6.45, 7) is 4.12. The van der Waals surface area contributed by atoms with Crippen molar-refractivity contribution in [3.8, 4) is 0 Å². The van der Waals surface area contributed by atoms with Crippen molar-refractivity contribution in [2.45, 2.75) is 13.3 Å². The molecule has 0 bridgehead atoms. The molecule has 0 aliphatic carbocycles. The number of ether oxygens (including phenoxy) is 1. The van der Waals surface area contributed by atoms with Crippen LogP contribution in [0.5, 0.6) is 0 Å². The molecule has 1 saturated heterocycles. The number of nitrogens with one attached hydrogen (secondary N) is 1. The van der Waals surface area contributed by atoms with Crippen molar-refractivity contribution in [2.24, 2.45) is 0 Å². The Balaban J connectivity index is 1.73. The quantitative estimate of drug-likeness (QED) is 0.895. The van der Waals surface area contributed by atoms with Crippen molar-refractivity contribution < 1.29 is 14.3 Å². The number of carbonyl (C=O) groups excluding carboxylic acids is 2. The smallest absolute Gasteiger partial charge is 0.254 e. The van der Waals surface area contributed by atoms with Crippen molar-refractivity contribution in [1.29, 1.82) is 0 Å². The highest BCUT2D eigenvalue weighted by molar-refractivity contribution is 6.31. The van der Waals surface area contributed by atoms with Gasteiger partial charge in [0.2, 0.25) is 5.91 Å². The van der Waals surface area contributed by atoms with Crippen LogP contribution in [0.4, 0.5) is 5.69 Å². The van der Waals surface area contributed by atoms with Crippen LogP contribution >= 0.6 is 11.6 Å². The van der Waals surface area contributed by atoms with E-state index >= 15 is 0 Å². The number of hydrogen-bond donors (Lipinski definition) is 1. The first kappa shape index (κ1) is 18.4. The Hall–Kier alpha value is -2.37. The summed E-state index contributed by atoms with van der Waals surface area (Å²) in [5.74, 6) is -0.204. The zero-order valence-electron chi connectivity index (χ0n) is 14.6. The summed E-state index contributed by atoms with van der Waals surface area (Å²) in [7, 11) is 0. The largest absolute Gasteiger partial charge is 0.378 e. The van der Waals surface area contributed by atoms with Crippen LogP contribution in [0.2, 0.25) is 5.02 Å². The zero-order chi connectivity index (χ0) is 18.5. The first-order valence-corrected chi connectivity index (χ1v) is 8.94. The fraction of sp³-hybridized carbons (Fsp3) is 0.300. The minimum absolute atomic E-state index is 0.0343. The highest BCUT2D eigenvalue weighted by Gasteiger charge is 2.21. The molecule has 1 aliphatic heterocycles. The molecule has 0 aromatic heterocycles. The van der Waals surface area contributed by atoms with Gasteiger partial charge in [-0.05, 0) is 36.2 Å². The highest BCUT2D eigenvalue weighted by atomic mass is 35.5. The van der Waals surface area contributed by atoms with Crippen LogP contribution in [0.25, 0.3) is 0 Å². The van der Waals surface area contributed by atoms with Gasteiger partial charge < -0.3 is 15.0 Å². The Morgan fingerprint density at radius 3 is 2.58 bits per heavy atom. The standard InChI is InChI=1S/C20H21ClN2O3/c1-14-16(20(25)23-9-11-26-12-10-23)6-4-8-18(14)22-19(24)13-15-5-2-3-7-17(15)21/h2-8H,9-13H2,1H3,(H,22,24). The van der Waals surface area contributed by atoms with Crippen LogP contribution in [0.1, 0.15) is 21.5 Å². The molecule has 26 heavy (non-hydrogen) atoms. The third-order valence-corrected chi connectivity index (χ3v) is 4.81. The van der Waals surface area contributed by atoms with Gasteiger partial charge in [0.05, 0.1) is 19.6 Å². The maximum Gasteiger partial charge on any atom is 0.254 e. The number of amides is 2. The van der Waals surface area contributed by atoms with E-state index in [-0.39, 0.29) is 18.2 Å². The molecule has 2 amide bonds. The normalized spacial score (nSPS) is 14.2. The van der Waals surface area contributed by atoms with Crippen LogP contribution < -0.4 is 5.32 Å². The fourth-order valence-corrected chi connectivity index (χ4v) is 3.15. The fourth-order valence-electron chi connectivity index (χ4n) is 2.95. The van der Waals surface area contributed by atoms with Gasteiger partial charge in [0.1, 0.15) is 0 Å². The summed E-state index contributed by atoms with van der Waals surface area (Å²) in [5.41, 5.74) is 2.77. The molecule has 0 saturated carbocycles. The average Bonchev–Trinajstić information content (AvgIpc) is 2.65. The van der Waals surface area contributed by atoms with E-state index in [0.717, 1.165) is 11.1 Å². The molecule has 5 nitrogen and oxygen atoms in total. The van der Waals surface area contributed by atoms with Crippen molar-refractivity contribution in [3.63, 3.8) is 0 Å². The maximum absolute atomic E-state index is 12.7. The average molecular weight is 373 g/mol. The van der Waals surface area contributed by atoms with Crippen molar-refractivity contribution in [2.75, 3.05) is 31.6 Å². The van der Waals surface area contributed by atoms with Crippen LogP contribution in [0.15, 0.2) is 42.5 Å². The molecule has 1 heterocycles. The van der Waals surface area contributed by atoms with Gasteiger partial charge >= 0.3 is 0 Å². The Labute approximate surface area is 157 Å². The van der Waals surface area contributed by atoms with E-state index in [9.17, 15) is 9.59 Å². The molecule has 0 radical (unpaired) electrons. The SMILES string of the molecule is Cc1c(NC(=O)Cc2ccccc2Cl)cccc1C(=O)N1CCOCC1. The molecule has 1 fully saturated rings. The number of benzene rings is 2. The van der Waals surface area contributed by atoms with Gasteiger partial charge in [0.15, 0.2) is 0 Å². The molecule has 2 aromatic rings. The van der Waals surface area contributed by atoms with Crippen LogP contribution in [0, 0.1) is 6.92 Å². The molecule has 0 spiro atoms. The second kappa shape index (κ2) is 8.34. The van der Waals surface area contributed by atoms with Crippen molar-refractivity contribution in [3.05, 3.63) is 64.2 Å². The van der Waals surface area contributed by atoms with Gasteiger partial charge in [-0.15, -0.1) is 0 Å². The lowest BCUT2D eigenvalue weighted by atomic mass is 10.0. The van der Waals surface area contributed by atoms with E-state index in [4.69, 9.17) is 16.3 Å². The van der Waals surface area contributed by atoms with Crippen LogP contribution in [-0.4, -0.2) is 43.0 Å². The third kappa shape index (κ3) is 4.23. The van der Waals surface area contributed by atoms with E-state index in [1.54, 1.807) is 29.2 Å². The first-order valence-electron chi connectivity index (χ1n) is 8.56. The predicted octanol–water partition coefficient (Wildman–Crippen LogP) is 3.30. The molecular formula is C20H21ClN2O3. The van der Waals surface area contributed by atoms with E-state index < -0.39 is 0 Å². The Bertz CT molecular complexity index is 816. The first-order chi connectivity index (χ1) is 12.6. The summed E-state index contributed by atoms with van der Waals surface area (Å²) in [6, 6.07) is 12.6. The van der Waals surface area contributed by atoms with Crippen LogP contribution in [-0.2, 0) is 16.0 Å². The molecule has 0 atom stereocenters. The second-order valence-electron chi connectivity index (χ2n) is 6.20. The number of hydrogen-bond acceptors (Lipinski definition) is 3. The lowest BCUT2D eigenvalue weighted by Gasteiger charge is -2.27. The molecule has 3 rings (SSSR count). The Morgan fingerprint density at radius 1 is 1.12 bits per heavy atom. The summed E-state index contributed by atoms with van der Waals surface area (Å²) in [4.78, 5) is 26.9. The van der Waals surface area contributed by atoms with E-state index in [2.05, 4.69) is 5.32 Å². The Kier molecular flexibility index (Phi) is 5.91. The minimum Gasteiger partial charge on any atom is -0.378 e. The highest BCUT2D eigenvalue weighted by Crippen LogP contribution is 2.22. The second-order valence-corrected chi connectivity index (χ2v) is 6.61. The number of anilines is 1. The lowest BCUT2D eigenvalue weighted by Crippen LogP contribution is -2.41. The number of nitrogens with zero attached hydrogens (tertiary/aromatic N) is 1. The number of morpholine rings is 1. The van der Waals surface area contributed by atoms with Crippen LogP contribution in [0.3, 0.4) is 0 Å². The summed E-state index contributed by atoms with van der Waals surface area (Å²) < 4.78 is 5.30. The number of rotatable bonds is 4. The van der Waals surface area contributed by atoms with Gasteiger partial charge in [0, 0.05) is 29.4 Å². The zero-order valence-corrected chi connectivity index (χ0v) is 15.4. The van der Waals surface area contributed by atoms with Gasteiger partial charge in [-0.1, -0.05) is 35.9 Å². The van der Waals surface area contributed by atoms with E-state index in [1.807, 2.05) is 25.1 Å². The molecule has 1 aliphatic rings. The summed E-state index contributed by atoms with van der Waals surface area (Å²) >= 11 is 6.11. The molecule has 1 N–H and O–H groups in total. The van der Waals surface area contributed by atoms with Crippen molar-refractivity contribution in [1.82, 2.24) is 4.90 Å². The lowest BCUT2D eigenvalue weighted by molar-refractivity contribution is -0.115. The van der Waals surface area contributed by atoms with Crippen molar-refractivity contribution >= 4 is 29.1 Å². The van der Waals surface area contributed by atoms with Gasteiger partial charge in [-0.2, -0.15) is 0 Å². The number of halogens is 1. The molecule has 136 valence electrons. The molecule has 0 unspecified atom stereocenters.